The van der Waals surface area contributed by atoms with Gasteiger partial charge in [-0.05, 0) is 18.2 Å². The van der Waals surface area contributed by atoms with E-state index in [2.05, 4.69) is 25.9 Å². The van der Waals surface area contributed by atoms with E-state index in [0.717, 1.165) is 15.4 Å². The molecule has 1 N–H and O–H groups in total. The van der Waals surface area contributed by atoms with Crippen LogP contribution in [0.2, 0.25) is 0 Å². The highest BCUT2D eigenvalue weighted by molar-refractivity contribution is 9.10. The Labute approximate surface area is 76.6 Å². The lowest BCUT2D eigenvalue weighted by Gasteiger charge is -1.95. The van der Waals surface area contributed by atoms with Gasteiger partial charge >= 0.3 is 5.69 Å². The first-order chi connectivity index (χ1) is 5.75. The lowest BCUT2D eigenvalue weighted by atomic mass is 10.2. The summed E-state index contributed by atoms with van der Waals surface area (Å²) < 4.78 is 0.976. The van der Waals surface area contributed by atoms with Crippen molar-refractivity contribution in [3.8, 4) is 0 Å². The van der Waals surface area contributed by atoms with Crippen molar-refractivity contribution in [3.05, 3.63) is 39.4 Å². The van der Waals surface area contributed by atoms with Crippen LogP contribution >= 0.6 is 15.9 Å². The predicted octanol–water partition coefficient (Wildman–Crippen LogP) is 1.69. The molecule has 3 nitrogen and oxygen atoms in total. The van der Waals surface area contributed by atoms with Crippen molar-refractivity contribution < 1.29 is 0 Å². The monoisotopic (exact) mass is 224 g/mol. The van der Waals surface area contributed by atoms with Crippen LogP contribution in [0.25, 0.3) is 10.9 Å². The van der Waals surface area contributed by atoms with E-state index < -0.39 is 0 Å². The molecule has 2 aromatic rings. The number of aromatic nitrogens is 2. The lowest BCUT2D eigenvalue weighted by molar-refractivity contribution is 1.12. The summed E-state index contributed by atoms with van der Waals surface area (Å²) in [6.07, 6.45) is 1.55. The minimum atomic E-state index is -0.315. The largest absolute Gasteiger partial charge is 0.345 e. The van der Waals surface area contributed by atoms with Crippen molar-refractivity contribution in [3.63, 3.8) is 0 Å². The summed E-state index contributed by atoms with van der Waals surface area (Å²) in [5, 5.41) is 0.920. The highest BCUT2D eigenvalue weighted by Gasteiger charge is 1.94. The zero-order valence-electron chi connectivity index (χ0n) is 6.04. The van der Waals surface area contributed by atoms with Gasteiger partial charge in [-0.15, -0.1) is 0 Å². The normalized spacial score (nSPS) is 10.4. The van der Waals surface area contributed by atoms with Crippen LogP contribution in [0.5, 0.6) is 0 Å². The summed E-state index contributed by atoms with van der Waals surface area (Å²) in [6, 6.07) is 5.61. The third kappa shape index (κ3) is 1.25. The first-order valence-electron chi connectivity index (χ1n) is 3.40. The lowest BCUT2D eigenvalue weighted by Crippen LogP contribution is -2.08. The van der Waals surface area contributed by atoms with E-state index in [-0.39, 0.29) is 5.69 Å². The van der Waals surface area contributed by atoms with Gasteiger partial charge < -0.3 is 4.98 Å². The maximum absolute atomic E-state index is 10.8. The van der Waals surface area contributed by atoms with Gasteiger partial charge in [0.15, 0.2) is 0 Å². The molecule has 0 aliphatic heterocycles. The smallest absolute Gasteiger partial charge is 0.305 e. The second-order valence-electron chi connectivity index (χ2n) is 2.42. The van der Waals surface area contributed by atoms with Gasteiger partial charge in [-0.1, -0.05) is 15.9 Å². The Morgan fingerprint density at radius 2 is 2.25 bits per heavy atom. The Bertz CT molecular complexity index is 478. The molecule has 0 aliphatic rings. The van der Waals surface area contributed by atoms with E-state index in [1.807, 2.05) is 18.2 Å². The number of halogens is 1. The third-order valence-corrected chi connectivity index (χ3v) is 2.07. The number of nitrogens with one attached hydrogen (secondary N) is 1. The quantitative estimate of drug-likeness (QED) is 0.741. The molecule has 1 aromatic carbocycles. The first kappa shape index (κ1) is 7.49. The topological polar surface area (TPSA) is 45.8 Å². The SMILES string of the molecule is O=c1ncc2cc(Br)ccc2[nH]1. The Kier molecular flexibility index (Phi) is 1.69. The molecule has 0 saturated heterocycles. The van der Waals surface area contributed by atoms with E-state index in [1.54, 1.807) is 6.20 Å². The molecule has 12 heavy (non-hydrogen) atoms. The van der Waals surface area contributed by atoms with Gasteiger partial charge in [-0.25, -0.2) is 9.78 Å². The Morgan fingerprint density at radius 3 is 3.08 bits per heavy atom. The fraction of sp³-hybridized carbons (Fsp3) is 0. The van der Waals surface area contributed by atoms with Crippen LogP contribution in [0.1, 0.15) is 0 Å². The second-order valence-corrected chi connectivity index (χ2v) is 3.34. The number of benzene rings is 1. The fourth-order valence-electron chi connectivity index (χ4n) is 1.03. The molecule has 0 spiro atoms. The molecule has 4 heteroatoms. The highest BCUT2D eigenvalue weighted by atomic mass is 79.9. The van der Waals surface area contributed by atoms with Crippen molar-refractivity contribution in [2.24, 2.45) is 0 Å². The van der Waals surface area contributed by atoms with Gasteiger partial charge in [-0.3, -0.25) is 0 Å². The molecule has 0 aliphatic carbocycles. The molecule has 1 heterocycles. The number of hydrogen-bond acceptors (Lipinski definition) is 2. The zero-order chi connectivity index (χ0) is 8.55. The minimum absolute atomic E-state index is 0.315. The molecule has 0 amide bonds. The molecule has 0 fully saturated rings. The summed E-state index contributed by atoms with van der Waals surface area (Å²) >= 11 is 3.33. The average Bonchev–Trinajstić information content (AvgIpc) is 2.05. The van der Waals surface area contributed by atoms with Gasteiger partial charge in [0.1, 0.15) is 0 Å². The summed E-state index contributed by atoms with van der Waals surface area (Å²) in [4.78, 5) is 17.0. The van der Waals surface area contributed by atoms with E-state index >= 15 is 0 Å². The minimum Gasteiger partial charge on any atom is -0.305 e. The molecule has 60 valence electrons. The number of H-pyrrole nitrogens is 1. The Balaban J connectivity index is 2.87. The van der Waals surface area contributed by atoms with Gasteiger partial charge in [0, 0.05) is 16.1 Å². The summed E-state index contributed by atoms with van der Waals surface area (Å²) in [6.45, 7) is 0. The van der Waals surface area contributed by atoms with Crippen LogP contribution in [0.15, 0.2) is 33.7 Å². The molecule has 1 aromatic heterocycles. The summed E-state index contributed by atoms with van der Waals surface area (Å²) in [7, 11) is 0. The van der Waals surface area contributed by atoms with Gasteiger partial charge in [0.25, 0.3) is 0 Å². The van der Waals surface area contributed by atoms with Crippen LogP contribution in [0.4, 0.5) is 0 Å². The highest BCUT2D eigenvalue weighted by Crippen LogP contribution is 2.15. The molecule has 2 rings (SSSR count). The van der Waals surface area contributed by atoms with Gasteiger partial charge in [0.2, 0.25) is 0 Å². The van der Waals surface area contributed by atoms with Crippen LogP contribution < -0.4 is 5.69 Å². The number of hydrogen-bond donors (Lipinski definition) is 1. The van der Waals surface area contributed by atoms with Crippen molar-refractivity contribution in [1.82, 2.24) is 9.97 Å². The van der Waals surface area contributed by atoms with E-state index in [9.17, 15) is 4.79 Å². The van der Waals surface area contributed by atoms with Crippen LogP contribution in [-0.4, -0.2) is 9.97 Å². The molecule has 0 unspecified atom stereocenters. The maximum atomic E-state index is 10.8. The molecular weight excluding hydrogens is 220 g/mol. The zero-order valence-corrected chi connectivity index (χ0v) is 7.63. The van der Waals surface area contributed by atoms with Crippen LogP contribution in [0.3, 0.4) is 0 Å². The predicted molar refractivity (Wildman–Crippen MR) is 50.1 cm³/mol. The molecule has 0 radical (unpaired) electrons. The third-order valence-electron chi connectivity index (χ3n) is 1.58. The van der Waals surface area contributed by atoms with Crippen molar-refractivity contribution >= 4 is 26.8 Å². The van der Waals surface area contributed by atoms with E-state index in [0.29, 0.717) is 0 Å². The summed E-state index contributed by atoms with van der Waals surface area (Å²) in [5.41, 5.74) is 0.489. The van der Waals surface area contributed by atoms with E-state index in [4.69, 9.17) is 0 Å². The van der Waals surface area contributed by atoms with Crippen LogP contribution in [-0.2, 0) is 0 Å². The average molecular weight is 225 g/mol. The number of nitrogens with zero attached hydrogens (tertiary/aromatic N) is 1. The van der Waals surface area contributed by atoms with E-state index in [1.165, 1.54) is 0 Å². The molecule has 0 saturated carbocycles. The Hall–Kier alpha value is -1.16. The molecule has 0 atom stereocenters. The van der Waals surface area contributed by atoms with Crippen molar-refractivity contribution in [2.45, 2.75) is 0 Å². The number of fused-ring (bicyclic) bond motifs is 1. The van der Waals surface area contributed by atoms with Gasteiger partial charge in [-0.2, -0.15) is 0 Å². The van der Waals surface area contributed by atoms with Gasteiger partial charge in [0.05, 0.1) is 5.52 Å². The summed E-state index contributed by atoms with van der Waals surface area (Å²) in [5.74, 6) is 0. The number of aromatic amines is 1. The first-order valence-corrected chi connectivity index (χ1v) is 4.19. The molecule has 0 bridgehead atoms. The van der Waals surface area contributed by atoms with Crippen molar-refractivity contribution in [2.75, 3.05) is 0 Å². The Morgan fingerprint density at radius 1 is 1.42 bits per heavy atom. The standard InChI is InChI=1S/C8H5BrN2O/c9-6-1-2-7-5(3-6)4-10-8(12)11-7/h1-4H,(H,10,11,12). The second kappa shape index (κ2) is 2.71. The maximum Gasteiger partial charge on any atom is 0.345 e. The fourth-order valence-corrected chi connectivity index (χ4v) is 1.41. The van der Waals surface area contributed by atoms with Crippen LogP contribution in [0, 0.1) is 0 Å². The number of rotatable bonds is 0. The molecular formula is C8H5BrN2O. The van der Waals surface area contributed by atoms with Crippen molar-refractivity contribution in [1.29, 1.82) is 0 Å².